The number of amides is 2. The van der Waals surface area contributed by atoms with Crippen LogP contribution >= 0.6 is 0 Å². The van der Waals surface area contributed by atoms with E-state index in [0.717, 1.165) is 12.8 Å². The quantitative estimate of drug-likeness (QED) is 0.714. The molecule has 0 aliphatic carbocycles. The van der Waals surface area contributed by atoms with Crippen LogP contribution in [0.2, 0.25) is 0 Å². The van der Waals surface area contributed by atoms with Crippen molar-refractivity contribution in [2.75, 3.05) is 26.8 Å². The molecule has 1 aliphatic rings. The van der Waals surface area contributed by atoms with Crippen LogP contribution in [0.4, 0.5) is 4.79 Å². The fourth-order valence-electron chi connectivity index (χ4n) is 2.09. The molecule has 19 heavy (non-hydrogen) atoms. The summed E-state index contributed by atoms with van der Waals surface area (Å²) in [5, 5.41) is 11.6. The normalized spacial score (nSPS) is 17.8. The molecule has 0 spiro atoms. The lowest BCUT2D eigenvalue weighted by Gasteiger charge is -2.31. The summed E-state index contributed by atoms with van der Waals surface area (Å²) in [6.45, 7) is 3.61. The molecule has 1 saturated heterocycles. The van der Waals surface area contributed by atoms with Gasteiger partial charge in [-0.15, -0.1) is 0 Å². The molecule has 1 aliphatic heterocycles. The van der Waals surface area contributed by atoms with Gasteiger partial charge in [-0.3, -0.25) is 4.79 Å². The average molecular weight is 272 g/mol. The molecule has 0 bridgehead atoms. The Hall–Kier alpha value is -1.30. The third-order valence-corrected chi connectivity index (χ3v) is 3.57. The fourth-order valence-corrected chi connectivity index (χ4v) is 2.09. The molecular weight excluding hydrogens is 248 g/mol. The van der Waals surface area contributed by atoms with Crippen LogP contribution in [0, 0.1) is 5.92 Å². The predicted molar refractivity (Wildman–Crippen MR) is 71.0 cm³/mol. The van der Waals surface area contributed by atoms with Gasteiger partial charge in [0, 0.05) is 32.8 Å². The molecule has 1 unspecified atom stereocenters. The molecule has 110 valence electrons. The van der Waals surface area contributed by atoms with Gasteiger partial charge in [0.25, 0.3) is 0 Å². The van der Waals surface area contributed by atoms with Crippen LogP contribution in [0.5, 0.6) is 0 Å². The largest absolute Gasteiger partial charge is 0.481 e. The Bertz CT molecular complexity index is 303. The minimum atomic E-state index is -0.786. The SMILES string of the molecule is CC(CCCNC(=O)N(C)C1CCOCC1)C(=O)O. The first-order valence-electron chi connectivity index (χ1n) is 6.83. The highest BCUT2D eigenvalue weighted by Gasteiger charge is 2.22. The van der Waals surface area contributed by atoms with E-state index in [1.807, 2.05) is 0 Å². The lowest BCUT2D eigenvalue weighted by molar-refractivity contribution is -0.141. The Morgan fingerprint density at radius 2 is 2.05 bits per heavy atom. The van der Waals surface area contributed by atoms with Crippen molar-refractivity contribution in [2.24, 2.45) is 5.92 Å². The van der Waals surface area contributed by atoms with E-state index in [1.54, 1.807) is 18.9 Å². The van der Waals surface area contributed by atoms with Crippen molar-refractivity contribution < 1.29 is 19.4 Å². The molecule has 1 heterocycles. The number of hydrogen-bond donors (Lipinski definition) is 2. The van der Waals surface area contributed by atoms with Crippen LogP contribution in [0.3, 0.4) is 0 Å². The maximum Gasteiger partial charge on any atom is 0.317 e. The number of urea groups is 1. The number of aliphatic carboxylic acids is 1. The molecule has 6 nitrogen and oxygen atoms in total. The van der Waals surface area contributed by atoms with Gasteiger partial charge in [-0.25, -0.2) is 4.79 Å². The van der Waals surface area contributed by atoms with E-state index in [-0.39, 0.29) is 18.0 Å². The van der Waals surface area contributed by atoms with Crippen LogP contribution in [0.1, 0.15) is 32.6 Å². The molecule has 2 amide bonds. The van der Waals surface area contributed by atoms with Crippen molar-refractivity contribution >= 4 is 12.0 Å². The van der Waals surface area contributed by atoms with Crippen LogP contribution in [-0.4, -0.2) is 54.9 Å². The number of nitrogens with one attached hydrogen (secondary N) is 1. The number of hydrogen-bond acceptors (Lipinski definition) is 3. The second kappa shape index (κ2) is 7.99. The molecule has 0 radical (unpaired) electrons. The van der Waals surface area contributed by atoms with Gasteiger partial charge in [-0.1, -0.05) is 6.92 Å². The lowest BCUT2D eigenvalue weighted by atomic mass is 10.1. The standard InChI is InChI=1S/C13H24N2O4/c1-10(12(16)17)4-3-7-14-13(18)15(2)11-5-8-19-9-6-11/h10-11H,3-9H2,1-2H3,(H,14,18)(H,16,17). The van der Waals surface area contributed by atoms with Crippen LogP contribution in [0.15, 0.2) is 0 Å². The predicted octanol–water partition coefficient (Wildman–Crippen LogP) is 1.31. The highest BCUT2D eigenvalue weighted by Crippen LogP contribution is 2.12. The van der Waals surface area contributed by atoms with E-state index in [2.05, 4.69) is 5.32 Å². The van der Waals surface area contributed by atoms with E-state index >= 15 is 0 Å². The summed E-state index contributed by atoms with van der Waals surface area (Å²) in [7, 11) is 1.80. The first-order chi connectivity index (χ1) is 9.02. The Balaban J connectivity index is 2.17. The van der Waals surface area contributed by atoms with Gasteiger partial charge in [-0.05, 0) is 25.7 Å². The summed E-state index contributed by atoms with van der Waals surface area (Å²) in [4.78, 5) is 24.2. The average Bonchev–Trinajstić information content (AvgIpc) is 2.43. The van der Waals surface area contributed by atoms with E-state index < -0.39 is 5.97 Å². The van der Waals surface area contributed by atoms with Gasteiger partial charge in [0.2, 0.25) is 0 Å². The van der Waals surface area contributed by atoms with Crippen LogP contribution in [0.25, 0.3) is 0 Å². The summed E-state index contributed by atoms with van der Waals surface area (Å²) in [6.07, 6.45) is 3.01. The number of carboxylic acid groups (broad SMARTS) is 1. The van der Waals surface area contributed by atoms with Crippen molar-refractivity contribution in [3.8, 4) is 0 Å². The van der Waals surface area contributed by atoms with E-state index in [9.17, 15) is 9.59 Å². The van der Waals surface area contributed by atoms with Crippen LogP contribution < -0.4 is 5.32 Å². The highest BCUT2D eigenvalue weighted by molar-refractivity contribution is 5.74. The van der Waals surface area contributed by atoms with E-state index in [4.69, 9.17) is 9.84 Å². The molecule has 1 rings (SSSR count). The third-order valence-electron chi connectivity index (χ3n) is 3.57. The summed E-state index contributed by atoms with van der Waals surface area (Å²) in [5.74, 6) is -1.14. The molecule has 0 aromatic carbocycles. The smallest absolute Gasteiger partial charge is 0.317 e. The minimum absolute atomic E-state index is 0.0881. The molecule has 1 atom stereocenters. The van der Waals surface area contributed by atoms with Gasteiger partial charge in [0.1, 0.15) is 0 Å². The molecule has 6 heteroatoms. The second-order valence-corrected chi connectivity index (χ2v) is 5.07. The van der Waals surface area contributed by atoms with Crippen LogP contribution in [-0.2, 0) is 9.53 Å². The zero-order chi connectivity index (χ0) is 14.3. The van der Waals surface area contributed by atoms with Gasteiger partial charge < -0.3 is 20.1 Å². The van der Waals surface area contributed by atoms with Crippen molar-refractivity contribution in [2.45, 2.75) is 38.6 Å². The molecule has 0 saturated carbocycles. The van der Waals surface area contributed by atoms with Gasteiger partial charge >= 0.3 is 12.0 Å². The van der Waals surface area contributed by atoms with Crippen molar-refractivity contribution in [1.82, 2.24) is 10.2 Å². The first-order valence-corrected chi connectivity index (χ1v) is 6.83. The molecule has 0 aromatic heterocycles. The van der Waals surface area contributed by atoms with Crippen molar-refractivity contribution in [3.63, 3.8) is 0 Å². The van der Waals surface area contributed by atoms with Crippen molar-refractivity contribution in [1.29, 1.82) is 0 Å². The summed E-state index contributed by atoms with van der Waals surface area (Å²) in [6, 6.07) is 0.154. The summed E-state index contributed by atoms with van der Waals surface area (Å²) >= 11 is 0. The number of carbonyl (C=O) groups is 2. The van der Waals surface area contributed by atoms with Crippen molar-refractivity contribution in [3.05, 3.63) is 0 Å². The van der Waals surface area contributed by atoms with Gasteiger partial charge in [-0.2, -0.15) is 0 Å². The van der Waals surface area contributed by atoms with E-state index in [1.165, 1.54) is 0 Å². The lowest BCUT2D eigenvalue weighted by Crippen LogP contribution is -2.46. The Labute approximate surface area is 114 Å². The second-order valence-electron chi connectivity index (χ2n) is 5.07. The minimum Gasteiger partial charge on any atom is -0.481 e. The number of carbonyl (C=O) groups excluding carboxylic acids is 1. The number of nitrogens with zero attached hydrogens (tertiary/aromatic N) is 1. The molecule has 0 aromatic rings. The Morgan fingerprint density at radius 1 is 1.42 bits per heavy atom. The molecule has 1 fully saturated rings. The van der Waals surface area contributed by atoms with Gasteiger partial charge in [0.15, 0.2) is 0 Å². The first kappa shape index (κ1) is 15.8. The Morgan fingerprint density at radius 3 is 2.63 bits per heavy atom. The third kappa shape index (κ3) is 5.46. The monoisotopic (exact) mass is 272 g/mol. The summed E-state index contributed by atoms with van der Waals surface area (Å²) < 4.78 is 5.26. The maximum atomic E-state index is 11.9. The fraction of sp³-hybridized carbons (Fsp3) is 0.846. The number of ether oxygens (including phenoxy) is 1. The number of carboxylic acids is 1. The molecular formula is C13H24N2O4. The zero-order valence-corrected chi connectivity index (χ0v) is 11.7. The topological polar surface area (TPSA) is 78.9 Å². The Kier molecular flexibility index (Phi) is 6.62. The maximum absolute atomic E-state index is 11.9. The van der Waals surface area contributed by atoms with E-state index in [0.29, 0.717) is 32.6 Å². The summed E-state index contributed by atoms with van der Waals surface area (Å²) in [5.41, 5.74) is 0. The van der Waals surface area contributed by atoms with Gasteiger partial charge in [0.05, 0.1) is 5.92 Å². The highest BCUT2D eigenvalue weighted by atomic mass is 16.5. The molecule has 2 N–H and O–H groups in total. The zero-order valence-electron chi connectivity index (χ0n) is 11.7. The number of rotatable bonds is 6.